The third kappa shape index (κ3) is 2.33. The van der Waals surface area contributed by atoms with E-state index in [1.807, 2.05) is 0 Å². The molecule has 0 fully saturated rings. The topological polar surface area (TPSA) is 92.2 Å². The Kier molecular flexibility index (Phi) is 3.05. The maximum atomic E-state index is 11.6. The summed E-state index contributed by atoms with van der Waals surface area (Å²) in [5.41, 5.74) is 0.149. The lowest BCUT2D eigenvalue weighted by molar-refractivity contribution is 0.482. The van der Waals surface area contributed by atoms with Gasteiger partial charge in [0.2, 0.25) is 0 Å². The van der Waals surface area contributed by atoms with Crippen LogP contribution in [-0.4, -0.2) is 22.8 Å². The number of H-pyrrole nitrogens is 1. The summed E-state index contributed by atoms with van der Waals surface area (Å²) in [7, 11) is -4.48. The number of nitrogens with zero attached hydrogens (tertiary/aromatic N) is 1. The third-order valence-electron chi connectivity index (χ3n) is 2.29. The van der Waals surface area contributed by atoms with E-state index in [1.165, 1.54) is 18.2 Å². The van der Waals surface area contributed by atoms with Gasteiger partial charge in [0.15, 0.2) is 0 Å². The second-order valence-electron chi connectivity index (χ2n) is 3.70. The Bertz CT molecular complexity index is 760. The van der Waals surface area contributed by atoms with Crippen LogP contribution in [0.15, 0.2) is 34.0 Å². The molecule has 0 aliphatic heterocycles. The standard InChI is InChI=1S/C10H9ClN2O4S/c1-6-4-10(14)13(12-6)8-3-2-7(11)5-9(8)18(15,16)17/h2-5,12H,1H3,(H,15,16,17). The minimum Gasteiger partial charge on any atom is -0.295 e. The van der Waals surface area contributed by atoms with Crippen molar-refractivity contribution in [1.82, 2.24) is 9.78 Å². The van der Waals surface area contributed by atoms with Gasteiger partial charge in [-0.3, -0.25) is 14.4 Å². The normalized spacial score (nSPS) is 11.7. The van der Waals surface area contributed by atoms with E-state index in [9.17, 15) is 13.2 Å². The summed E-state index contributed by atoms with van der Waals surface area (Å²) in [5, 5.41) is 2.82. The summed E-state index contributed by atoms with van der Waals surface area (Å²) in [4.78, 5) is 11.2. The molecule has 8 heteroatoms. The van der Waals surface area contributed by atoms with Crippen LogP contribution in [0.2, 0.25) is 5.02 Å². The Morgan fingerprint density at radius 3 is 2.50 bits per heavy atom. The fourth-order valence-electron chi connectivity index (χ4n) is 1.57. The van der Waals surface area contributed by atoms with Crippen LogP contribution >= 0.6 is 11.6 Å². The molecule has 2 N–H and O–H groups in total. The molecule has 0 saturated heterocycles. The highest BCUT2D eigenvalue weighted by atomic mass is 35.5. The van der Waals surface area contributed by atoms with E-state index in [1.54, 1.807) is 6.92 Å². The van der Waals surface area contributed by atoms with Crippen LogP contribution in [0.25, 0.3) is 5.69 Å². The Morgan fingerprint density at radius 2 is 2.00 bits per heavy atom. The first-order chi connectivity index (χ1) is 8.29. The van der Waals surface area contributed by atoms with Crippen molar-refractivity contribution in [3.63, 3.8) is 0 Å². The number of hydrogen-bond donors (Lipinski definition) is 2. The van der Waals surface area contributed by atoms with Crippen LogP contribution in [0.5, 0.6) is 0 Å². The minimum atomic E-state index is -4.48. The second kappa shape index (κ2) is 4.27. The second-order valence-corrected chi connectivity index (χ2v) is 5.53. The molecule has 0 bridgehead atoms. The fraction of sp³-hybridized carbons (Fsp3) is 0.100. The number of halogens is 1. The predicted molar refractivity (Wildman–Crippen MR) is 66.0 cm³/mol. The van der Waals surface area contributed by atoms with Gasteiger partial charge in [-0.15, -0.1) is 0 Å². The lowest BCUT2D eigenvalue weighted by Gasteiger charge is -2.07. The molecule has 1 aromatic carbocycles. The van der Waals surface area contributed by atoms with E-state index >= 15 is 0 Å². The molecule has 0 amide bonds. The number of rotatable bonds is 2. The molecule has 2 rings (SSSR count). The average Bonchev–Trinajstić information content (AvgIpc) is 2.56. The number of nitrogens with one attached hydrogen (secondary N) is 1. The lowest BCUT2D eigenvalue weighted by atomic mass is 10.3. The van der Waals surface area contributed by atoms with Crippen LogP contribution in [0, 0.1) is 6.92 Å². The monoisotopic (exact) mass is 288 g/mol. The van der Waals surface area contributed by atoms with Gasteiger partial charge in [-0.2, -0.15) is 8.42 Å². The highest BCUT2D eigenvalue weighted by Gasteiger charge is 2.18. The number of aromatic nitrogens is 2. The summed E-state index contributed by atoms with van der Waals surface area (Å²) in [6.07, 6.45) is 0. The van der Waals surface area contributed by atoms with Crippen molar-refractivity contribution in [1.29, 1.82) is 0 Å². The largest absolute Gasteiger partial charge is 0.296 e. The van der Waals surface area contributed by atoms with Crippen LogP contribution in [0.4, 0.5) is 0 Å². The van der Waals surface area contributed by atoms with Gasteiger partial charge in [0, 0.05) is 16.8 Å². The zero-order valence-electron chi connectivity index (χ0n) is 9.21. The summed E-state index contributed by atoms with van der Waals surface area (Å²) in [5.74, 6) is 0. The van der Waals surface area contributed by atoms with Gasteiger partial charge >= 0.3 is 0 Å². The van der Waals surface area contributed by atoms with Gasteiger partial charge in [0.25, 0.3) is 15.7 Å². The summed E-state index contributed by atoms with van der Waals surface area (Å²) in [6.45, 7) is 1.65. The van der Waals surface area contributed by atoms with E-state index in [2.05, 4.69) is 5.10 Å². The van der Waals surface area contributed by atoms with E-state index < -0.39 is 20.6 Å². The zero-order valence-corrected chi connectivity index (χ0v) is 10.8. The average molecular weight is 289 g/mol. The molecular formula is C10H9ClN2O4S. The third-order valence-corrected chi connectivity index (χ3v) is 3.41. The SMILES string of the molecule is Cc1cc(=O)n(-c2ccc(Cl)cc2S(=O)(=O)O)[nH]1. The molecule has 18 heavy (non-hydrogen) atoms. The first-order valence-electron chi connectivity index (χ1n) is 4.85. The highest BCUT2D eigenvalue weighted by Crippen LogP contribution is 2.22. The molecule has 0 atom stereocenters. The van der Waals surface area contributed by atoms with E-state index in [-0.39, 0.29) is 10.7 Å². The van der Waals surface area contributed by atoms with Crippen molar-refractivity contribution in [3.05, 3.63) is 45.3 Å². The first-order valence-corrected chi connectivity index (χ1v) is 6.67. The van der Waals surface area contributed by atoms with Gasteiger partial charge < -0.3 is 0 Å². The molecule has 0 unspecified atom stereocenters. The van der Waals surface area contributed by atoms with E-state index in [0.29, 0.717) is 5.69 Å². The Hall–Kier alpha value is -1.57. The van der Waals surface area contributed by atoms with Gasteiger partial charge in [-0.05, 0) is 25.1 Å². The van der Waals surface area contributed by atoms with Gasteiger partial charge in [-0.1, -0.05) is 11.6 Å². The van der Waals surface area contributed by atoms with Crippen molar-refractivity contribution in [2.24, 2.45) is 0 Å². The van der Waals surface area contributed by atoms with Crippen LogP contribution in [0.3, 0.4) is 0 Å². The molecular weight excluding hydrogens is 280 g/mol. The van der Waals surface area contributed by atoms with E-state index in [0.717, 1.165) is 10.7 Å². The smallest absolute Gasteiger partial charge is 0.295 e. The minimum absolute atomic E-state index is 0.0139. The Morgan fingerprint density at radius 1 is 1.33 bits per heavy atom. The van der Waals surface area contributed by atoms with Crippen molar-refractivity contribution in [2.75, 3.05) is 0 Å². The number of hydrogen-bond acceptors (Lipinski definition) is 3. The maximum absolute atomic E-state index is 11.6. The highest BCUT2D eigenvalue weighted by molar-refractivity contribution is 7.86. The molecule has 0 aliphatic carbocycles. The van der Waals surface area contributed by atoms with Crippen LogP contribution < -0.4 is 5.56 Å². The Balaban J connectivity index is 2.80. The summed E-state index contributed by atoms with van der Waals surface area (Å²) >= 11 is 5.68. The lowest BCUT2D eigenvalue weighted by Crippen LogP contribution is -2.16. The maximum Gasteiger partial charge on any atom is 0.296 e. The van der Waals surface area contributed by atoms with Gasteiger partial charge in [-0.25, -0.2) is 4.68 Å². The van der Waals surface area contributed by atoms with Gasteiger partial charge in [0.05, 0.1) is 5.69 Å². The number of aryl methyl sites for hydroxylation is 1. The fourth-order valence-corrected chi connectivity index (χ4v) is 2.51. The molecule has 2 aromatic rings. The molecule has 1 heterocycles. The van der Waals surface area contributed by atoms with Crippen molar-refractivity contribution < 1.29 is 13.0 Å². The van der Waals surface area contributed by atoms with Crippen molar-refractivity contribution in [2.45, 2.75) is 11.8 Å². The molecule has 0 aliphatic rings. The molecule has 96 valence electrons. The quantitative estimate of drug-likeness (QED) is 0.817. The first kappa shape index (κ1) is 12.9. The van der Waals surface area contributed by atoms with Gasteiger partial charge in [0.1, 0.15) is 4.90 Å². The summed E-state index contributed by atoms with van der Waals surface area (Å²) in [6, 6.07) is 5.15. The Labute approximate surface area is 108 Å². The molecule has 6 nitrogen and oxygen atoms in total. The van der Waals surface area contributed by atoms with Crippen molar-refractivity contribution >= 4 is 21.7 Å². The molecule has 0 saturated carbocycles. The van der Waals surface area contributed by atoms with Crippen molar-refractivity contribution in [3.8, 4) is 5.69 Å². The van der Waals surface area contributed by atoms with Crippen LogP contribution in [0.1, 0.15) is 5.69 Å². The number of aromatic amines is 1. The number of benzene rings is 1. The molecule has 0 spiro atoms. The molecule has 0 radical (unpaired) electrons. The molecule has 1 aromatic heterocycles. The van der Waals surface area contributed by atoms with Crippen LogP contribution in [-0.2, 0) is 10.1 Å². The predicted octanol–water partition coefficient (Wildman–Crippen LogP) is 1.37. The van der Waals surface area contributed by atoms with E-state index in [4.69, 9.17) is 16.2 Å². The summed E-state index contributed by atoms with van der Waals surface area (Å²) < 4.78 is 32.7. The zero-order chi connectivity index (χ0) is 13.5.